The minimum atomic E-state index is -1.47. The summed E-state index contributed by atoms with van der Waals surface area (Å²) in [6, 6.07) is 8.62. The Morgan fingerprint density at radius 1 is 1.29 bits per heavy atom. The van der Waals surface area contributed by atoms with E-state index in [4.69, 9.17) is 10.2 Å². The van der Waals surface area contributed by atoms with Gasteiger partial charge in [0.25, 0.3) is 5.91 Å². The van der Waals surface area contributed by atoms with E-state index in [-0.39, 0.29) is 18.9 Å². The Morgan fingerprint density at radius 3 is 2.57 bits per heavy atom. The van der Waals surface area contributed by atoms with E-state index < -0.39 is 12.1 Å². The van der Waals surface area contributed by atoms with Crippen molar-refractivity contribution in [1.29, 1.82) is 0 Å². The van der Waals surface area contributed by atoms with Gasteiger partial charge in [-0.05, 0) is 30.3 Å². The Kier molecular flexibility index (Phi) is 4.68. The summed E-state index contributed by atoms with van der Waals surface area (Å²) in [5.74, 6) is -1.62. The summed E-state index contributed by atoms with van der Waals surface area (Å²) in [4.78, 5) is 22.3. The summed E-state index contributed by atoms with van der Waals surface area (Å²) < 4.78 is 1.67. The van der Waals surface area contributed by atoms with Crippen LogP contribution in [0.25, 0.3) is 5.69 Å². The molecule has 2 rings (SSSR count). The predicted octanol–water partition coefficient (Wildman–Crippen LogP) is 0.438. The minimum Gasteiger partial charge on any atom is -0.479 e. The number of nitrogens with one attached hydrogen (secondary N) is 1. The molecular weight excluding hydrogens is 274 g/mol. The fraction of sp³-hybridized carbons (Fsp3) is 0.214. The van der Waals surface area contributed by atoms with Gasteiger partial charge in [0, 0.05) is 30.9 Å². The molecule has 1 aromatic carbocycles. The van der Waals surface area contributed by atoms with E-state index in [0.29, 0.717) is 5.56 Å². The molecule has 0 unspecified atom stereocenters. The van der Waals surface area contributed by atoms with Crippen molar-refractivity contribution in [2.24, 2.45) is 0 Å². The number of aliphatic hydroxyl groups is 1. The zero-order valence-electron chi connectivity index (χ0n) is 11.1. The molecule has 0 aliphatic carbocycles. The lowest BCUT2D eigenvalue weighted by molar-refractivity contribution is -0.146. The highest BCUT2D eigenvalue weighted by atomic mass is 16.4. The van der Waals surface area contributed by atoms with Crippen molar-refractivity contribution in [3.05, 3.63) is 48.3 Å². The fourth-order valence-electron chi connectivity index (χ4n) is 1.74. The van der Waals surface area contributed by atoms with E-state index in [9.17, 15) is 9.59 Å². The van der Waals surface area contributed by atoms with Gasteiger partial charge in [-0.15, -0.1) is 0 Å². The Hall–Kier alpha value is -2.67. The van der Waals surface area contributed by atoms with Gasteiger partial charge in [0.05, 0.1) is 5.69 Å². The molecule has 0 fully saturated rings. The maximum Gasteiger partial charge on any atom is 0.332 e. The largest absolute Gasteiger partial charge is 0.479 e. The number of aliphatic carboxylic acids is 1. The van der Waals surface area contributed by atoms with Crippen LogP contribution in [-0.4, -0.2) is 44.5 Å². The third-order valence-corrected chi connectivity index (χ3v) is 2.89. The highest BCUT2D eigenvalue weighted by Gasteiger charge is 2.13. The number of carboxylic acid groups (broad SMARTS) is 1. The van der Waals surface area contributed by atoms with Gasteiger partial charge in [-0.3, -0.25) is 4.79 Å². The average molecular weight is 289 g/mol. The van der Waals surface area contributed by atoms with E-state index in [1.54, 1.807) is 47.4 Å². The van der Waals surface area contributed by atoms with Gasteiger partial charge in [0.2, 0.25) is 0 Å². The summed E-state index contributed by atoms with van der Waals surface area (Å²) in [5, 5.41) is 24.2. The third kappa shape index (κ3) is 3.90. The second-order valence-electron chi connectivity index (χ2n) is 4.40. The number of carbonyl (C=O) groups excluding carboxylic acids is 1. The second kappa shape index (κ2) is 6.67. The number of aromatic nitrogens is 2. The summed E-state index contributed by atoms with van der Waals surface area (Å²) in [6.45, 7) is 0.0905. The monoisotopic (exact) mass is 289 g/mol. The van der Waals surface area contributed by atoms with Gasteiger partial charge in [-0.1, -0.05) is 0 Å². The van der Waals surface area contributed by atoms with Crippen LogP contribution in [0.2, 0.25) is 0 Å². The van der Waals surface area contributed by atoms with Gasteiger partial charge in [-0.2, -0.15) is 5.10 Å². The van der Waals surface area contributed by atoms with E-state index in [1.807, 2.05) is 0 Å². The molecule has 0 aliphatic rings. The van der Waals surface area contributed by atoms with Crippen molar-refractivity contribution < 1.29 is 19.8 Å². The first-order valence-corrected chi connectivity index (χ1v) is 6.37. The lowest BCUT2D eigenvalue weighted by Crippen LogP contribution is -2.30. The maximum absolute atomic E-state index is 11.8. The molecule has 1 heterocycles. The number of carboxylic acids is 1. The van der Waals surface area contributed by atoms with Crippen molar-refractivity contribution in [2.75, 3.05) is 6.54 Å². The van der Waals surface area contributed by atoms with Crippen LogP contribution in [-0.2, 0) is 4.79 Å². The molecule has 3 N–H and O–H groups in total. The Labute approximate surface area is 120 Å². The van der Waals surface area contributed by atoms with Crippen LogP contribution in [0.4, 0.5) is 0 Å². The highest BCUT2D eigenvalue weighted by Crippen LogP contribution is 2.08. The molecule has 0 bridgehead atoms. The van der Waals surface area contributed by atoms with Crippen molar-refractivity contribution in [3.8, 4) is 5.69 Å². The molecule has 0 aliphatic heterocycles. The zero-order valence-corrected chi connectivity index (χ0v) is 11.1. The predicted molar refractivity (Wildman–Crippen MR) is 74.2 cm³/mol. The van der Waals surface area contributed by atoms with Crippen molar-refractivity contribution in [2.45, 2.75) is 12.5 Å². The summed E-state index contributed by atoms with van der Waals surface area (Å²) >= 11 is 0. The third-order valence-electron chi connectivity index (χ3n) is 2.89. The lowest BCUT2D eigenvalue weighted by Gasteiger charge is -2.08. The molecule has 2 aromatic rings. The molecule has 21 heavy (non-hydrogen) atoms. The lowest BCUT2D eigenvalue weighted by atomic mass is 10.2. The molecule has 0 saturated heterocycles. The Bertz CT molecular complexity index is 608. The second-order valence-corrected chi connectivity index (χ2v) is 4.40. The molecular formula is C14H15N3O4. The molecule has 110 valence electrons. The van der Waals surface area contributed by atoms with Crippen LogP contribution < -0.4 is 5.32 Å². The normalized spacial score (nSPS) is 11.9. The number of aliphatic hydroxyl groups excluding tert-OH is 1. The molecule has 7 nitrogen and oxygen atoms in total. The van der Waals surface area contributed by atoms with Gasteiger partial charge < -0.3 is 15.5 Å². The average Bonchev–Trinajstić information content (AvgIpc) is 3.01. The fourth-order valence-corrected chi connectivity index (χ4v) is 1.74. The van der Waals surface area contributed by atoms with Crippen molar-refractivity contribution >= 4 is 11.9 Å². The molecule has 1 amide bonds. The number of carbonyl (C=O) groups is 2. The SMILES string of the molecule is O=C(NCC[C@H](O)C(=O)O)c1ccc(-n2cccn2)cc1. The maximum atomic E-state index is 11.8. The minimum absolute atomic E-state index is 0.0353. The van der Waals surface area contributed by atoms with Crippen LogP contribution in [0, 0.1) is 0 Å². The first-order chi connectivity index (χ1) is 10.1. The van der Waals surface area contributed by atoms with Gasteiger partial charge in [0.1, 0.15) is 0 Å². The number of rotatable bonds is 6. The van der Waals surface area contributed by atoms with Crippen LogP contribution in [0.1, 0.15) is 16.8 Å². The quantitative estimate of drug-likeness (QED) is 0.715. The van der Waals surface area contributed by atoms with Crippen LogP contribution in [0.5, 0.6) is 0 Å². The summed E-state index contributed by atoms with van der Waals surface area (Å²) in [7, 11) is 0. The van der Waals surface area contributed by atoms with Gasteiger partial charge in [-0.25, -0.2) is 9.48 Å². The number of hydrogen-bond acceptors (Lipinski definition) is 4. The first kappa shape index (κ1) is 14.7. The van der Waals surface area contributed by atoms with Gasteiger partial charge >= 0.3 is 5.97 Å². The topological polar surface area (TPSA) is 104 Å². The zero-order chi connectivity index (χ0) is 15.2. The summed E-state index contributed by atoms with van der Waals surface area (Å²) in [6.07, 6.45) is 1.95. The first-order valence-electron chi connectivity index (χ1n) is 6.37. The Morgan fingerprint density at radius 2 is 2.00 bits per heavy atom. The number of amides is 1. The number of hydrogen-bond donors (Lipinski definition) is 3. The van der Waals surface area contributed by atoms with E-state index in [1.165, 1.54) is 0 Å². The van der Waals surface area contributed by atoms with Crippen LogP contribution in [0.15, 0.2) is 42.7 Å². The number of benzene rings is 1. The van der Waals surface area contributed by atoms with Crippen LogP contribution in [0.3, 0.4) is 0 Å². The summed E-state index contributed by atoms with van der Waals surface area (Å²) in [5.41, 5.74) is 1.29. The van der Waals surface area contributed by atoms with E-state index in [0.717, 1.165) is 5.69 Å². The van der Waals surface area contributed by atoms with E-state index >= 15 is 0 Å². The molecule has 0 spiro atoms. The Balaban J connectivity index is 1.90. The standard InChI is InChI=1S/C14H15N3O4/c18-12(14(20)21)6-8-15-13(19)10-2-4-11(5-3-10)17-9-1-7-16-17/h1-5,7,9,12,18H,6,8H2,(H,15,19)(H,20,21)/t12-/m0/s1. The van der Waals surface area contributed by atoms with Gasteiger partial charge in [0.15, 0.2) is 6.10 Å². The smallest absolute Gasteiger partial charge is 0.332 e. The molecule has 0 saturated carbocycles. The van der Waals surface area contributed by atoms with Crippen LogP contribution >= 0.6 is 0 Å². The molecule has 1 aromatic heterocycles. The van der Waals surface area contributed by atoms with Crippen molar-refractivity contribution in [3.63, 3.8) is 0 Å². The molecule has 0 radical (unpaired) electrons. The number of nitrogens with zero attached hydrogens (tertiary/aromatic N) is 2. The highest BCUT2D eigenvalue weighted by molar-refractivity contribution is 5.94. The van der Waals surface area contributed by atoms with Crippen molar-refractivity contribution in [1.82, 2.24) is 15.1 Å². The molecule has 7 heteroatoms. The molecule has 1 atom stereocenters. The van der Waals surface area contributed by atoms with E-state index in [2.05, 4.69) is 10.4 Å².